The molecule has 9 heteroatoms. The van der Waals surface area contributed by atoms with E-state index in [0.717, 1.165) is 10.9 Å². The summed E-state index contributed by atoms with van der Waals surface area (Å²) in [6.45, 7) is 2.51. The van der Waals surface area contributed by atoms with Gasteiger partial charge in [0.15, 0.2) is 17.3 Å². The van der Waals surface area contributed by atoms with E-state index in [4.69, 9.17) is 18.9 Å². The normalized spacial score (nSPS) is 11.5. The number of hydrogen-bond donors (Lipinski definition) is 0. The van der Waals surface area contributed by atoms with Crippen molar-refractivity contribution in [2.75, 3.05) is 6.61 Å². The van der Waals surface area contributed by atoms with Crippen molar-refractivity contribution in [2.45, 2.75) is 13.5 Å². The lowest BCUT2D eigenvalue weighted by Gasteiger charge is -2.15. The highest BCUT2D eigenvalue weighted by atomic mass is 79.9. The molecule has 0 bridgehead atoms. The van der Waals surface area contributed by atoms with E-state index in [1.54, 1.807) is 42.6 Å². The molecule has 4 aromatic carbocycles. The third-order valence-electron chi connectivity index (χ3n) is 6.35. The van der Waals surface area contributed by atoms with Gasteiger partial charge in [0.2, 0.25) is 5.82 Å². The first-order valence-corrected chi connectivity index (χ1v) is 13.7. The second-order valence-corrected chi connectivity index (χ2v) is 10.00. The monoisotopic (exact) mass is 611 g/mol. The molecule has 6 aromatic rings. The second kappa shape index (κ2) is 11.4. The van der Waals surface area contributed by atoms with Gasteiger partial charge in [0.25, 0.3) is 5.56 Å². The van der Waals surface area contributed by atoms with Gasteiger partial charge in [-0.2, -0.15) is 9.78 Å². The lowest BCUT2D eigenvalue weighted by Crippen LogP contribution is -2.20. The summed E-state index contributed by atoms with van der Waals surface area (Å²) in [6.07, 6.45) is 1.56. The van der Waals surface area contributed by atoms with Gasteiger partial charge in [-0.05, 0) is 82.5 Å². The summed E-state index contributed by atoms with van der Waals surface area (Å²) in [6, 6.07) is 26.3. The Bertz CT molecular complexity index is 1930. The smallest absolute Gasteiger partial charge is 0.282 e. The molecule has 0 fully saturated rings. The summed E-state index contributed by atoms with van der Waals surface area (Å²) >= 11 is 3.57. The molecular formula is C32H23BrFN3O4. The number of hydrogen-bond acceptors (Lipinski definition) is 6. The molecule has 0 aliphatic rings. The minimum absolute atomic E-state index is 0.228. The third-order valence-corrected chi connectivity index (χ3v) is 6.94. The highest BCUT2D eigenvalue weighted by Gasteiger charge is 2.17. The number of rotatable bonds is 8. The van der Waals surface area contributed by atoms with Crippen LogP contribution >= 0.6 is 15.9 Å². The van der Waals surface area contributed by atoms with Gasteiger partial charge >= 0.3 is 0 Å². The number of ether oxygens (including phenoxy) is 2. The molecule has 2 heterocycles. The Labute approximate surface area is 242 Å². The van der Waals surface area contributed by atoms with Gasteiger partial charge < -0.3 is 13.9 Å². The molecule has 41 heavy (non-hydrogen) atoms. The molecule has 0 aliphatic heterocycles. The van der Waals surface area contributed by atoms with Gasteiger partial charge in [-0.3, -0.25) is 4.79 Å². The summed E-state index contributed by atoms with van der Waals surface area (Å²) in [5, 5.41) is 5.88. The number of halogens is 2. The van der Waals surface area contributed by atoms with Crippen LogP contribution in [-0.4, -0.2) is 22.5 Å². The first kappa shape index (κ1) is 26.5. The van der Waals surface area contributed by atoms with Crippen LogP contribution in [0.3, 0.4) is 0 Å². The van der Waals surface area contributed by atoms with Gasteiger partial charge in [0.1, 0.15) is 18.0 Å². The fourth-order valence-electron chi connectivity index (χ4n) is 4.41. The van der Waals surface area contributed by atoms with Crippen LogP contribution in [-0.2, 0) is 6.61 Å². The third kappa shape index (κ3) is 5.49. The van der Waals surface area contributed by atoms with Crippen molar-refractivity contribution < 1.29 is 18.3 Å². The van der Waals surface area contributed by atoms with E-state index in [1.165, 1.54) is 16.8 Å². The Morgan fingerprint density at radius 2 is 1.78 bits per heavy atom. The number of fused-ring (bicyclic) bond motifs is 2. The number of furan rings is 1. The fraction of sp³-hybridized carbons (Fsp3) is 0.0938. The average molecular weight is 612 g/mol. The van der Waals surface area contributed by atoms with E-state index >= 15 is 0 Å². The highest BCUT2D eigenvalue weighted by Crippen LogP contribution is 2.37. The van der Waals surface area contributed by atoms with Gasteiger partial charge in [-0.1, -0.05) is 42.5 Å². The first-order chi connectivity index (χ1) is 20.0. The van der Waals surface area contributed by atoms with Gasteiger partial charge in [-0.15, -0.1) is 0 Å². The summed E-state index contributed by atoms with van der Waals surface area (Å²) in [4.78, 5) is 18.3. The van der Waals surface area contributed by atoms with Crippen molar-refractivity contribution in [2.24, 2.45) is 5.10 Å². The molecule has 0 saturated heterocycles. The maximum absolute atomic E-state index is 13.6. The number of benzene rings is 4. The Kier molecular flexibility index (Phi) is 7.35. The fourth-order valence-corrected chi connectivity index (χ4v) is 4.98. The maximum Gasteiger partial charge on any atom is 0.282 e. The molecule has 0 N–H and O–H groups in total. The van der Waals surface area contributed by atoms with E-state index in [0.29, 0.717) is 50.4 Å². The van der Waals surface area contributed by atoms with Crippen molar-refractivity contribution in [3.8, 4) is 23.1 Å². The summed E-state index contributed by atoms with van der Waals surface area (Å²) in [7, 11) is 0. The molecule has 2 aromatic heterocycles. The van der Waals surface area contributed by atoms with E-state index in [1.807, 2.05) is 49.4 Å². The summed E-state index contributed by atoms with van der Waals surface area (Å²) < 4.78 is 33.1. The van der Waals surface area contributed by atoms with Crippen molar-refractivity contribution in [3.63, 3.8) is 0 Å². The van der Waals surface area contributed by atoms with Crippen LogP contribution in [0.4, 0.5) is 4.39 Å². The van der Waals surface area contributed by atoms with Gasteiger partial charge in [0, 0.05) is 5.39 Å². The van der Waals surface area contributed by atoms with Crippen molar-refractivity contribution in [3.05, 3.63) is 123 Å². The van der Waals surface area contributed by atoms with E-state index in [-0.39, 0.29) is 23.8 Å². The zero-order valence-corrected chi connectivity index (χ0v) is 23.5. The van der Waals surface area contributed by atoms with Crippen molar-refractivity contribution in [1.29, 1.82) is 0 Å². The molecule has 0 spiro atoms. The molecule has 204 valence electrons. The molecule has 6 rings (SSSR count). The van der Waals surface area contributed by atoms with E-state index in [9.17, 15) is 9.18 Å². The second-order valence-electron chi connectivity index (χ2n) is 9.14. The maximum atomic E-state index is 13.6. The van der Waals surface area contributed by atoms with Crippen LogP contribution in [0, 0.1) is 5.82 Å². The minimum atomic E-state index is -0.328. The lowest BCUT2D eigenvalue weighted by atomic mass is 10.2. The zero-order valence-electron chi connectivity index (χ0n) is 21.9. The van der Waals surface area contributed by atoms with E-state index in [2.05, 4.69) is 21.0 Å². The average Bonchev–Trinajstić information content (AvgIpc) is 3.42. The molecule has 0 aliphatic carbocycles. The van der Waals surface area contributed by atoms with Crippen LogP contribution in [0.1, 0.15) is 18.1 Å². The largest absolute Gasteiger partial charge is 0.490 e. The lowest BCUT2D eigenvalue weighted by molar-refractivity contribution is 0.267. The van der Waals surface area contributed by atoms with Crippen LogP contribution in [0.2, 0.25) is 0 Å². The van der Waals surface area contributed by atoms with Gasteiger partial charge in [-0.25, -0.2) is 9.37 Å². The molecule has 0 radical (unpaired) electrons. The van der Waals surface area contributed by atoms with Crippen LogP contribution in [0.5, 0.6) is 11.5 Å². The molecular weight excluding hydrogens is 589 g/mol. The molecule has 0 amide bonds. The quantitative estimate of drug-likeness (QED) is 0.166. The SMILES string of the molecule is CCOc1cc(C=Nn2c(-c3cc4ccccc4o3)nc3ccccc3c2=O)cc(Br)c1OCc1ccc(F)cc1. The molecule has 0 saturated carbocycles. The van der Waals surface area contributed by atoms with Crippen LogP contribution in [0.25, 0.3) is 33.5 Å². The van der Waals surface area contributed by atoms with Crippen LogP contribution in [0.15, 0.2) is 110 Å². The Morgan fingerprint density at radius 1 is 1.00 bits per heavy atom. The number of para-hydroxylation sites is 2. The Hall–Kier alpha value is -4.76. The molecule has 0 unspecified atom stereocenters. The Morgan fingerprint density at radius 3 is 2.59 bits per heavy atom. The summed E-state index contributed by atoms with van der Waals surface area (Å²) in [5.74, 6) is 1.39. The summed E-state index contributed by atoms with van der Waals surface area (Å²) in [5.41, 5.74) is 2.37. The highest BCUT2D eigenvalue weighted by molar-refractivity contribution is 9.10. The molecule has 0 atom stereocenters. The van der Waals surface area contributed by atoms with E-state index < -0.39 is 0 Å². The standard InChI is InChI=1S/C32H23BrFN3O4/c1-2-39-28-16-21(15-25(33)30(28)40-19-20-11-13-23(34)14-12-20)18-35-37-31(29-17-22-7-3-6-10-27(22)41-29)36-26-9-5-4-8-24(26)32(37)38/h3-18H,2,19H2,1H3. The van der Waals surface area contributed by atoms with Crippen molar-refractivity contribution in [1.82, 2.24) is 9.66 Å². The number of aromatic nitrogens is 2. The predicted molar refractivity (Wildman–Crippen MR) is 160 cm³/mol. The van der Waals surface area contributed by atoms with Crippen LogP contribution < -0.4 is 15.0 Å². The van der Waals surface area contributed by atoms with Gasteiger partial charge in [0.05, 0.1) is 28.2 Å². The first-order valence-electron chi connectivity index (χ1n) is 12.9. The topological polar surface area (TPSA) is 78.9 Å². The molecule has 7 nitrogen and oxygen atoms in total. The van der Waals surface area contributed by atoms with Crippen molar-refractivity contribution >= 4 is 44.0 Å². The number of nitrogens with zero attached hydrogens (tertiary/aromatic N) is 3. The predicted octanol–water partition coefficient (Wildman–Crippen LogP) is 7.57. The minimum Gasteiger partial charge on any atom is -0.490 e. The zero-order chi connectivity index (χ0) is 28.3. The Balaban J connectivity index is 1.39.